The lowest BCUT2D eigenvalue weighted by molar-refractivity contribution is 0.306. The number of benzene rings is 2. The highest BCUT2D eigenvalue weighted by Crippen LogP contribution is 2.24. The normalized spacial score (nSPS) is 11.4. The van der Waals surface area contributed by atoms with Crippen LogP contribution in [0.15, 0.2) is 53.4 Å². The minimum Gasteiger partial charge on any atom is -0.394 e. The highest BCUT2D eigenvalue weighted by Gasteiger charge is 2.24. The zero-order chi connectivity index (χ0) is 15.5. The van der Waals surface area contributed by atoms with E-state index in [0.29, 0.717) is 5.69 Å². The second kappa shape index (κ2) is 6.24. The first-order valence-electron chi connectivity index (χ1n) is 6.41. The molecule has 0 atom stereocenters. The maximum absolute atomic E-state index is 13.3. The largest absolute Gasteiger partial charge is 0.394 e. The third-order valence-corrected chi connectivity index (χ3v) is 4.89. The van der Waals surface area contributed by atoms with Crippen molar-refractivity contribution >= 4 is 15.7 Å². The smallest absolute Gasteiger partial charge is 0.264 e. The van der Waals surface area contributed by atoms with Crippen LogP contribution in [0.25, 0.3) is 0 Å². The molecule has 0 amide bonds. The van der Waals surface area contributed by atoms with E-state index < -0.39 is 15.8 Å². The van der Waals surface area contributed by atoms with Crippen LogP contribution < -0.4 is 4.31 Å². The van der Waals surface area contributed by atoms with Gasteiger partial charge in [-0.3, -0.25) is 4.31 Å². The topological polar surface area (TPSA) is 57.6 Å². The lowest BCUT2D eigenvalue weighted by Crippen LogP contribution is -2.33. The number of aliphatic hydroxyl groups excluding tert-OH is 1. The summed E-state index contributed by atoms with van der Waals surface area (Å²) in [5, 5.41) is 9.14. The number of aliphatic hydroxyl groups is 1. The summed E-state index contributed by atoms with van der Waals surface area (Å²) < 4.78 is 39.8. The van der Waals surface area contributed by atoms with E-state index in [4.69, 9.17) is 5.11 Å². The molecule has 0 spiro atoms. The van der Waals surface area contributed by atoms with Crippen molar-refractivity contribution in [1.82, 2.24) is 0 Å². The number of anilines is 1. The Morgan fingerprint density at radius 3 is 2.38 bits per heavy atom. The molecule has 0 unspecified atom stereocenters. The lowest BCUT2D eigenvalue weighted by atomic mass is 10.2. The molecule has 0 aliphatic heterocycles. The first kappa shape index (κ1) is 15.5. The van der Waals surface area contributed by atoms with E-state index in [2.05, 4.69) is 0 Å². The Kier molecular flexibility index (Phi) is 4.59. The van der Waals surface area contributed by atoms with Crippen molar-refractivity contribution in [3.63, 3.8) is 0 Å². The van der Waals surface area contributed by atoms with Gasteiger partial charge in [-0.25, -0.2) is 12.8 Å². The summed E-state index contributed by atoms with van der Waals surface area (Å²) in [6.07, 6.45) is 0. The lowest BCUT2D eigenvalue weighted by Gasteiger charge is -2.23. The predicted molar refractivity (Wildman–Crippen MR) is 79.2 cm³/mol. The van der Waals surface area contributed by atoms with Gasteiger partial charge in [0.1, 0.15) is 5.82 Å². The van der Waals surface area contributed by atoms with E-state index in [1.165, 1.54) is 19.1 Å². The second-order valence-corrected chi connectivity index (χ2v) is 6.41. The van der Waals surface area contributed by atoms with Crippen molar-refractivity contribution in [3.8, 4) is 0 Å². The average Bonchev–Trinajstić information content (AvgIpc) is 2.48. The molecule has 0 aliphatic rings. The molecule has 2 aromatic rings. The number of hydrogen-bond acceptors (Lipinski definition) is 3. The van der Waals surface area contributed by atoms with Crippen LogP contribution in [0.3, 0.4) is 0 Å². The van der Waals surface area contributed by atoms with Gasteiger partial charge in [0.15, 0.2) is 0 Å². The van der Waals surface area contributed by atoms with Crippen LogP contribution in [-0.4, -0.2) is 26.7 Å². The van der Waals surface area contributed by atoms with Crippen molar-refractivity contribution in [2.24, 2.45) is 0 Å². The Labute approximate surface area is 123 Å². The fraction of sp³-hybridized carbons (Fsp3) is 0.200. The summed E-state index contributed by atoms with van der Waals surface area (Å²) in [7, 11) is -3.85. The fourth-order valence-electron chi connectivity index (χ4n) is 1.98. The van der Waals surface area contributed by atoms with Gasteiger partial charge < -0.3 is 5.11 Å². The average molecular weight is 309 g/mol. The van der Waals surface area contributed by atoms with Crippen LogP contribution in [0.4, 0.5) is 10.1 Å². The fourth-order valence-corrected chi connectivity index (χ4v) is 3.52. The highest BCUT2D eigenvalue weighted by molar-refractivity contribution is 7.92. The van der Waals surface area contributed by atoms with E-state index in [1.807, 2.05) is 0 Å². The molecule has 0 fully saturated rings. The number of aryl methyl sites for hydroxylation is 1. The van der Waals surface area contributed by atoms with Crippen LogP contribution in [0, 0.1) is 12.7 Å². The summed E-state index contributed by atoms with van der Waals surface area (Å²) in [5.41, 5.74) is 0.710. The molecule has 1 N–H and O–H groups in total. The van der Waals surface area contributed by atoms with Gasteiger partial charge in [0.25, 0.3) is 10.0 Å². The quantitative estimate of drug-likeness (QED) is 0.922. The van der Waals surface area contributed by atoms with Gasteiger partial charge in [-0.05, 0) is 42.8 Å². The van der Waals surface area contributed by atoms with Crippen LogP contribution >= 0.6 is 0 Å². The summed E-state index contributed by atoms with van der Waals surface area (Å²) in [5.74, 6) is -0.456. The Morgan fingerprint density at radius 2 is 1.81 bits per heavy atom. The molecule has 0 heterocycles. The van der Waals surface area contributed by atoms with E-state index in [1.54, 1.807) is 30.3 Å². The summed E-state index contributed by atoms with van der Waals surface area (Å²) >= 11 is 0. The number of halogens is 1. The second-order valence-electron chi connectivity index (χ2n) is 4.55. The monoisotopic (exact) mass is 309 g/mol. The number of sulfonamides is 1. The van der Waals surface area contributed by atoms with E-state index in [-0.39, 0.29) is 23.6 Å². The van der Waals surface area contributed by atoms with E-state index >= 15 is 0 Å². The molecule has 0 aromatic heterocycles. The zero-order valence-corrected chi connectivity index (χ0v) is 12.3. The maximum atomic E-state index is 13.3. The summed E-state index contributed by atoms with van der Waals surface area (Å²) in [6.45, 7) is 1.13. The first-order valence-corrected chi connectivity index (χ1v) is 7.85. The number of para-hydroxylation sites is 1. The molecular formula is C15H16FNO3S. The minimum atomic E-state index is -3.85. The molecule has 0 aliphatic carbocycles. The molecule has 112 valence electrons. The molecule has 0 saturated heterocycles. The Bertz CT molecular complexity index is 717. The van der Waals surface area contributed by atoms with Gasteiger partial charge in [-0.2, -0.15) is 0 Å². The third-order valence-electron chi connectivity index (χ3n) is 3.06. The van der Waals surface area contributed by atoms with Crippen LogP contribution in [-0.2, 0) is 10.0 Å². The first-order chi connectivity index (χ1) is 9.96. The number of hydrogen-bond donors (Lipinski definition) is 1. The van der Waals surface area contributed by atoms with E-state index in [9.17, 15) is 12.8 Å². The van der Waals surface area contributed by atoms with Crippen molar-refractivity contribution in [1.29, 1.82) is 0 Å². The highest BCUT2D eigenvalue weighted by atomic mass is 32.2. The molecule has 4 nitrogen and oxygen atoms in total. The maximum Gasteiger partial charge on any atom is 0.264 e. The van der Waals surface area contributed by atoms with Crippen LogP contribution in [0.1, 0.15) is 5.56 Å². The Balaban J connectivity index is 2.50. The van der Waals surface area contributed by atoms with Crippen molar-refractivity contribution in [3.05, 3.63) is 59.9 Å². The molecule has 0 radical (unpaired) electrons. The molecule has 2 rings (SSSR count). The van der Waals surface area contributed by atoms with E-state index in [0.717, 1.165) is 10.4 Å². The van der Waals surface area contributed by atoms with Gasteiger partial charge in [-0.15, -0.1) is 0 Å². The Hall–Kier alpha value is -1.92. The van der Waals surface area contributed by atoms with Crippen molar-refractivity contribution < 1.29 is 17.9 Å². The molecule has 0 bridgehead atoms. The SMILES string of the molecule is Cc1cc(S(=O)(=O)N(CCO)c2ccccc2)ccc1F. The van der Waals surface area contributed by atoms with Gasteiger partial charge in [0.05, 0.1) is 23.7 Å². The summed E-state index contributed by atoms with van der Waals surface area (Å²) in [4.78, 5) is -0.00120. The summed E-state index contributed by atoms with van der Waals surface area (Å²) in [6, 6.07) is 12.1. The minimum absolute atomic E-state index is 0.00120. The molecular weight excluding hydrogens is 293 g/mol. The van der Waals surface area contributed by atoms with Gasteiger partial charge in [-0.1, -0.05) is 18.2 Å². The predicted octanol–water partition coefficient (Wildman–Crippen LogP) is 2.32. The van der Waals surface area contributed by atoms with Gasteiger partial charge in [0.2, 0.25) is 0 Å². The van der Waals surface area contributed by atoms with Crippen molar-refractivity contribution in [2.75, 3.05) is 17.5 Å². The van der Waals surface area contributed by atoms with Crippen LogP contribution in [0.5, 0.6) is 0 Å². The third kappa shape index (κ3) is 3.22. The number of nitrogens with zero attached hydrogens (tertiary/aromatic N) is 1. The zero-order valence-electron chi connectivity index (χ0n) is 11.5. The van der Waals surface area contributed by atoms with Gasteiger partial charge >= 0.3 is 0 Å². The Morgan fingerprint density at radius 1 is 1.14 bits per heavy atom. The molecule has 0 saturated carbocycles. The molecule has 21 heavy (non-hydrogen) atoms. The van der Waals surface area contributed by atoms with Crippen LogP contribution in [0.2, 0.25) is 0 Å². The molecule has 2 aromatic carbocycles. The number of rotatable bonds is 5. The van der Waals surface area contributed by atoms with Crippen molar-refractivity contribution in [2.45, 2.75) is 11.8 Å². The molecule has 6 heteroatoms. The standard InChI is InChI=1S/C15H16FNO3S/c1-12-11-14(7-8-15(12)16)21(19,20)17(9-10-18)13-5-3-2-4-6-13/h2-8,11,18H,9-10H2,1H3. The van der Waals surface area contributed by atoms with Gasteiger partial charge in [0, 0.05) is 0 Å².